The van der Waals surface area contributed by atoms with Crippen molar-refractivity contribution >= 4 is 18.3 Å². The van der Waals surface area contributed by atoms with Gasteiger partial charge in [0.1, 0.15) is 6.04 Å². The van der Waals surface area contributed by atoms with Crippen molar-refractivity contribution in [3.8, 4) is 0 Å². The van der Waals surface area contributed by atoms with E-state index in [0.717, 1.165) is 5.56 Å². The summed E-state index contributed by atoms with van der Waals surface area (Å²) in [5.41, 5.74) is 0.894. The van der Waals surface area contributed by atoms with Gasteiger partial charge in [-0.25, -0.2) is 0 Å². The monoisotopic (exact) mass is 246 g/mol. The number of likely N-dealkylation sites (N-methyl/N-ethyl adjacent to an activating group) is 2. The van der Waals surface area contributed by atoms with Crippen molar-refractivity contribution in [3.63, 3.8) is 0 Å². The molecule has 16 heavy (non-hydrogen) atoms. The number of carbonyl (C=O) groups excluding carboxylic acids is 1. The van der Waals surface area contributed by atoms with Crippen LogP contribution in [0.4, 0.5) is 0 Å². The predicted molar refractivity (Wildman–Crippen MR) is 65.6 cm³/mol. The van der Waals surface area contributed by atoms with Crippen molar-refractivity contribution in [1.82, 2.24) is 20.0 Å². The highest BCUT2D eigenvalue weighted by atomic mass is 35.5. The molecule has 0 bridgehead atoms. The highest BCUT2D eigenvalue weighted by Gasteiger charge is 2.22. The second-order valence-electron chi connectivity index (χ2n) is 3.52. The number of carbonyl (C=O) groups is 1. The minimum atomic E-state index is -0.302. The summed E-state index contributed by atoms with van der Waals surface area (Å²) in [6.45, 7) is 2.66. The highest BCUT2D eigenvalue weighted by molar-refractivity contribution is 5.85. The zero-order chi connectivity index (χ0) is 11.4. The normalized spacial score (nSPS) is 11.8. The largest absolute Gasteiger partial charge is 0.344 e. The Bertz CT molecular complexity index is 339. The Hall–Kier alpha value is -1.07. The fraction of sp³-hybridized carbons (Fsp3) is 0.600. The molecular formula is C10H19ClN4O. The molecule has 1 aromatic heterocycles. The van der Waals surface area contributed by atoms with Gasteiger partial charge in [-0.2, -0.15) is 5.10 Å². The van der Waals surface area contributed by atoms with Crippen LogP contribution < -0.4 is 5.32 Å². The van der Waals surface area contributed by atoms with Crippen LogP contribution in [0.2, 0.25) is 0 Å². The van der Waals surface area contributed by atoms with Crippen LogP contribution in [-0.4, -0.2) is 41.2 Å². The molecule has 1 heterocycles. The van der Waals surface area contributed by atoms with Gasteiger partial charge in [0.2, 0.25) is 5.91 Å². The fourth-order valence-electron chi connectivity index (χ4n) is 1.40. The van der Waals surface area contributed by atoms with E-state index >= 15 is 0 Å². The Kier molecular flexibility index (Phi) is 6.06. The molecule has 6 heteroatoms. The summed E-state index contributed by atoms with van der Waals surface area (Å²) in [5.74, 6) is 0.0630. The maximum Gasteiger partial charge on any atom is 0.244 e. The highest BCUT2D eigenvalue weighted by Crippen LogP contribution is 2.13. The molecule has 0 aromatic carbocycles. The summed E-state index contributed by atoms with van der Waals surface area (Å²) < 4.78 is 1.69. The zero-order valence-electron chi connectivity index (χ0n) is 10.1. The third-order valence-electron chi connectivity index (χ3n) is 2.44. The van der Waals surface area contributed by atoms with Crippen molar-refractivity contribution in [2.45, 2.75) is 13.0 Å². The molecule has 0 aliphatic rings. The Morgan fingerprint density at radius 3 is 2.69 bits per heavy atom. The third-order valence-corrected chi connectivity index (χ3v) is 2.44. The molecule has 0 saturated heterocycles. The average Bonchev–Trinajstić information content (AvgIpc) is 2.64. The Morgan fingerprint density at radius 2 is 2.31 bits per heavy atom. The van der Waals surface area contributed by atoms with Crippen LogP contribution in [0.25, 0.3) is 0 Å². The van der Waals surface area contributed by atoms with E-state index in [9.17, 15) is 4.79 Å². The summed E-state index contributed by atoms with van der Waals surface area (Å²) in [5, 5.41) is 7.06. The molecule has 0 radical (unpaired) electrons. The molecule has 0 aliphatic carbocycles. The molecule has 0 fully saturated rings. The van der Waals surface area contributed by atoms with Gasteiger partial charge in [-0.1, -0.05) is 0 Å². The van der Waals surface area contributed by atoms with Crippen LogP contribution in [-0.2, 0) is 11.8 Å². The van der Waals surface area contributed by atoms with Crippen molar-refractivity contribution in [1.29, 1.82) is 0 Å². The first-order valence-corrected chi connectivity index (χ1v) is 5.01. The van der Waals surface area contributed by atoms with E-state index in [1.54, 1.807) is 29.9 Å². The summed E-state index contributed by atoms with van der Waals surface area (Å²) in [4.78, 5) is 13.6. The van der Waals surface area contributed by atoms with E-state index in [2.05, 4.69) is 10.4 Å². The first-order chi connectivity index (χ1) is 7.10. The molecule has 1 atom stereocenters. The quantitative estimate of drug-likeness (QED) is 0.846. The minimum absolute atomic E-state index is 0. The van der Waals surface area contributed by atoms with Gasteiger partial charge in [-0.05, 0) is 14.0 Å². The van der Waals surface area contributed by atoms with Crippen molar-refractivity contribution in [3.05, 3.63) is 18.0 Å². The van der Waals surface area contributed by atoms with Crippen molar-refractivity contribution < 1.29 is 4.79 Å². The number of hydrogen-bond donors (Lipinski definition) is 1. The zero-order valence-corrected chi connectivity index (χ0v) is 10.9. The Labute approximate surface area is 102 Å². The van der Waals surface area contributed by atoms with Gasteiger partial charge in [0, 0.05) is 32.4 Å². The van der Waals surface area contributed by atoms with E-state index in [1.807, 2.05) is 20.2 Å². The second kappa shape index (κ2) is 6.50. The lowest BCUT2D eigenvalue weighted by Crippen LogP contribution is -2.37. The molecule has 5 nitrogen and oxygen atoms in total. The second-order valence-corrected chi connectivity index (χ2v) is 3.52. The van der Waals surface area contributed by atoms with Gasteiger partial charge in [0.25, 0.3) is 0 Å². The lowest BCUT2D eigenvalue weighted by Gasteiger charge is -2.21. The lowest BCUT2D eigenvalue weighted by molar-refractivity contribution is -0.132. The Balaban J connectivity index is 0.00000225. The molecule has 1 amide bonds. The molecular weight excluding hydrogens is 228 g/mol. The van der Waals surface area contributed by atoms with Gasteiger partial charge in [0.15, 0.2) is 0 Å². The molecule has 92 valence electrons. The first kappa shape index (κ1) is 14.9. The minimum Gasteiger partial charge on any atom is -0.344 e. The smallest absolute Gasteiger partial charge is 0.244 e. The maximum atomic E-state index is 11.9. The summed E-state index contributed by atoms with van der Waals surface area (Å²) in [7, 11) is 5.41. The van der Waals surface area contributed by atoms with Crippen LogP contribution >= 0.6 is 12.4 Å². The van der Waals surface area contributed by atoms with Crippen LogP contribution in [0.1, 0.15) is 18.5 Å². The number of halogens is 1. The van der Waals surface area contributed by atoms with E-state index in [0.29, 0.717) is 6.54 Å². The number of amides is 1. The molecule has 1 aromatic rings. The predicted octanol–water partition coefficient (Wildman–Crippen LogP) is 0.581. The average molecular weight is 247 g/mol. The van der Waals surface area contributed by atoms with Crippen molar-refractivity contribution in [2.24, 2.45) is 7.05 Å². The standard InChI is InChI=1S/C10H18N4O.ClH/c1-5-13(3)10(15)9(11-2)8-6-12-14(4)7-8;/h6-7,9,11H,5H2,1-4H3;1H. The third kappa shape index (κ3) is 3.21. The van der Waals surface area contributed by atoms with E-state index in [-0.39, 0.29) is 24.4 Å². The van der Waals surface area contributed by atoms with Crippen LogP contribution in [0.3, 0.4) is 0 Å². The van der Waals surface area contributed by atoms with Gasteiger partial charge in [0.05, 0.1) is 6.20 Å². The number of rotatable bonds is 4. The molecule has 0 spiro atoms. The summed E-state index contributed by atoms with van der Waals surface area (Å²) in [6, 6.07) is -0.302. The Morgan fingerprint density at radius 1 is 1.69 bits per heavy atom. The number of hydrogen-bond acceptors (Lipinski definition) is 3. The lowest BCUT2D eigenvalue weighted by atomic mass is 10.1. The van der Waals surface area contributed by atoms with E-state index in [1.165, 1.54) is 0 Å². The first-order valence-electron chi connectivity index (χ1n) is 5.01. The van der Waals surface area contributed by atoms with Crippen LogP contribution in [0.15, 0.2) is 12.4 Å². The van der Waals surface area contributed by atoms with Crippen LogP contribution in [0, 0.1) is 0 Å². The van der Waals surface area contributed by atoms with Gasteiger partial charge in [-0.15, -0.1) is 12.4 Å². The number of aryl methyl sites for hydroxylation is 1. The molecule has 1 rings (SSSR count). The van der Waals surface area contributed by atoms with Crippen molar-refractivity contribution in [2.75, 3.05) is 20.6 Å². The number of nitrogens with zero attached hydrogens (tertiary/aromatic N) is 3. The SMILES string of the molecule is CCN(C)C(=O)C(NC)c1cnn(C)c1.Cl. The topological polar surface area (TPSA) is 50.2 Å². The summed E-state index contributed by atoms with van der Waals surface area (Å²) >= 11 is 0. The molecule has 1 unspecified atom stereocenters. The van der Waals surface area contributed by atoms with E-state index < -0.39 is 0 Å². The maximum absolute atomic E-state index is 11.9. The van der Waals surface area contributed by atoms with E-state index in [4.69, 9.17) is 0 Å². The fourth-order valence-corrected chi connectivity index (χ4v) is 1.40. The number of nitrogens with one attached hydrogen (secondary N) is 1. The summed E-state index contributed by atoms with van der Waals surface area (Å²) in [6.07, 6.45) is 3.56. The van der Waals surface area contributed by atoms with Gasteiger partial charge in [-0.3, -0.25) is 9.48 Å². The molecule has 0 aliphatic heterocycles. The van der Waals surface area contributed by atoms with Gasteiger partial charge < -0.3 is 10.2 Å². The van der Waals surface area contributed by atoms with Crippen LogP contribution in [0.5, 0.6) is 0 Å². The molecule has 0 saturated carbocycles. The molecule has 1 N–H and O–H groups in total. The van der Waals surface area contributed by atoms with Gasteiger partial charge >= 0.3 is 0 Å². The number of aromatic nitrogens is 2.